The highest BCUT2D eigenvalue weighted by atomic mass is 35.5. The number of nitrogens with zero attached hydrogens (tertiary/aromatic N) is 1. The van der Waals surface area contributed by atoms with Crippen LogP contribution in [0.1, 0.15) is 25.7 Å². The first-order valence-corrected chi connectivity index (χ1v) is 9.22. The molecule has 0 saturated carbocycles. The van der Waals surface area contributed by atoms with E-state index >= 15 is 0 Å². The number of halogens is 3. The minimum absolute atomic E-state index is 0.00608. The predicted molar refractivity (Wildman–Crippen MR) is 84.7 cm³/mol. The van der Waals surface area contributed by atoms with Gasteiger partial charge in [-0.15, -0.1) is 0 Å². The zero-order chi connectivity index (χ0) is 15.6. The Morgan fingerprint density at radius 3 is 2.33 bits per heavy atom. The Morgan fingerprint density at radius 2 is 1.76 bits per heavy atom. The molecular weight excluding hydrogens is 357 g/mol. The van der Waals surface area contributed by atoms with Crippen molar-refractivity contribution in [2.24, 2.45) is 0 Å². The second kappa shape index (κ2) is 7.02. The van der Waals surface area contributed by atoms with Crippen LogP contribution in [0.2, 0.25) is 15.1 Å². The van der Waals surface area contributed by atoms with Crippen LogP contribution in [0, 0.1) is 0 Å². The van der Waals surface area contributed by atoms with Crippen molar-refractivity contribution in [3.05, 3.63) is 27.2 Å². The minimum atomic E-state index is -3.87. The number of hydrogen-bond donors (Lipinski definition) is 1. The van der Waals surface area contributed by atoms with E-state index in [4.69, 9.17) is 34.8 Å². The fourth-order valence-electron chi connectivity index (χ4n) is 2.54. The highest BCUT2D eigenvalue weighted by Crippen LogP contribution is 2.36. The fourth-order valence-corrected chi connectivity index (χ4v) is 5.72. The lowest BCUT2D eigenvalue weighted by atomic mass is 10.1. The van der Waals surface area contributed by atoms with Gasteiger partial charge in [-0.05, 0) is 25.0 Å². The van der Waals surface area contributed by atoms with Crippen LogP contribution < -0.4 is 0 Å². The van der Waals surface area contributed by atoms with Gasteiger partial charge >= 0.3 is 0 Å². The molecule has 0 aromatic heterocycles. The summed E-state index contributed by atoms with van der Waals surface area (Å²) in [4.78, 5) is -0.143. The average Bonchev–Trinajstić information content (AvgIpc) is 2.62. The zero-order valence-corrected chi connectivity index (χ0v) is 14.3. The topological polar surface area (TPSA) is 57.6 Å². The second-order valence-electron chi connectivity index (χ2n) is 5.00. The third kappa shape index (κ3) is 3.66. The van der Waals surface area contributed by atoms with Crippen molar-refractivity contribution >= 4 is 44.8 Å². The Morgan fingerprint density at radius 1 is 1.14 bits per heavy atom. The normalized spacial score (nSPS) is 21.2. The quantitative estimate of drug-likeness (QED) is 0.882. The third-order valence-corrected chi connectivity index (χ3v) is 6.66. The van der Waals surface area contributed by atoms with Crippen LogP contribution in [0.5, 0.6) is 0 Å². The number of aliphatic hydroxyl groups excluding tert-OH is 1. The van der Waals surface area contributed by atoms with E-state index in [-0.39, 0.29) is 26.6 Å². The molecule has 8 heteroatoms. The van der Waals surface area contributed by atoms with Crippen LogP contribution in [0.15, 0.2) is 17.0 Å². The molecule has 1 heterocycles. The first-order chi connectivity index (χ1) is 9.87. The standard InChI is InChI=1S/C13H16Cl3NO3S/c14-9-6-11(15)13(12(16)7-9)21(19,20)17-5-3-1-2-4-10(17)8-18/h6-7,10,18H,1-5,8H2. The van der Waals surface area contributed by atoms with Gasteiger partial charge in [0, 0.05) is 17.6 Å². The maximum Gasteiger partial charge on any atom is 0.246 e. The highest BCUT2D eigenvalue weighted by molar-refractivity contribution is 7.89. The Balaban J connectivity index is 2.50. The van der Waals surface area contributed by atoms with E-state index in [1.807, 2.05) is 0 Å². The summed E-state index contributed by atoms with van der Waals surface area (Å²) in [6, 6.07) is 2.27. The van der Waals surface area contributed by atoms with Gasteiger partial charge in [0.15, 0.2) is 0 Å². The third-order valence-electron chi connectivity index (χ3n) is 3.56. The van der Waals surface area contributed by atoms with Crippen LogP contribution in [0.4, 0.5) is 0 Å². The smallest absolute Gasteiger partial charge is 0.246 e. The van der Waals surface area contributed by atoms with Crippen molar-refractivity contribution in [1.29, 1.82) is 0 Å². The maximum absolute atomic E-state index is 12.9. The molecule has 0 radical (unpaired) electrons. The lowest BCUT2D eigenvalue weighted by molar-refractivity contribution is 0.186. The molecule has 1 atom stereocenters. The van der Waals surface area contributed by atoms with E-state index in [2.05, 4.69) is 0 Å². The summed E-state index contributed by atoms with van der Waals surface area (Å²) in [5.41, 5.74) is 0. The molecule has 1 unspecified atom stereocenters. The largest absolute Gasteiger partial charge is 0.395 e. The van der Waals surface area contributed by atoms with E-state index in [1.54, 1.807) is 0 Å². The van der Waals surface area contributed by atoms with Crippen molar-refractivity contribution < 1.29 is 13.5 Å². The molecule has 1 N–H and O–H groups in total. The van der Waals surface area contributed by atoms with Gasteiger partial charge in [0.2, 0.25) is 10.0 Å². The van der Waals surface area contributed by atoms with E-state index < -0.39 is 16.1 Å². The van der Waals surface area contributed by atoms with Crippen LogP contribution in [0.25, 0.3) is 0 Å². The molecule has 2 rings (SSSR count). The summed E-state index contributed by atoms with van der Waals surface area (Å²) in [6.07, 6.45) is 3.20. The molecule has 4 nitrogen and oxygen atoms in total. The van der Waals surface area contributed by atoms with E-state index in [1.165, 1.54) is 16.4 Å². The summed E-state index contributed by atoms with van der Waals surface area (Å²) < 4.78 is 27.0. The van der Waals surface area contributed by atoms with Gasteiger partial charge in [-0.3, -0.25) is 0 Å². The first kappa shape index (κ1) is 17.3. The highest BCUT2D eigenvalue weighted by Gasteiger charge is 2.35. The van der Waals surface area contributed by atoms with Crippen LogP contribution >= 0.6 is 34.8 Å². The summed E-state index contributed by atoms with van der Waals surface area (Å²) in [7, 11) is -3.87. The average molecular weight is 373 g/mol. The lowest BCUT2D eigenvalue weighted by Crippen LogP contribution is -2.42. The van der Waals surface area contributed by atoms with Gasteiger partial charge in [-0.25, -0.2) is 8.42 Å². The van der Waals surface area contributed by atoms with Crippen molar-refractivity contribution in [2.75, 3.05) is 13.2 Å². The van der Waals surface area contributed by atoms with Gasteiger partial charge in [0.05, 0.1) is 16.7 Å². The molecule has 0 amide bonds. The summed E-state index contributed by atoms with van der Waals surface area (Å²) in [6.45, 7) is 0.130. The number of rotatable bonds is 3. The summed E-state index contributed by atoms with van der Waals surface area (Å²) in [5, 5.41) is 9.75. The number of benzene rings is 1. The second-order valence-corrected chi connectivity index (χ2v) is 8.08. The minimum Gasteiger partial charge on any atom is -0.395 e. The number of sulfonamides is 1. The SMILES string of the molecule is O=S(=O)(c1c(Cl)cc(Cl)cc1Cl)N1CCCCCC1CO. The predicted octanol–water partition coefficient (Wildman–Crippen LogP) is 3.57. The van der Waals surface area contributed by atoms with Gasteiger partial charge in [-0.1, -0.05) is 47.6 Å². The van der Waals surface area contributed by atoms with Gasteiger partial charge < -0.3 is 5.11 Å². The van der Waals surface area contributed by atoms with Gasteiger partial charge in [-0.2, -0.15) is 4.31 Å². The number of aliphatic hydroxyl groups is 1. The van der Waals surface area contributed by atoms with Crippen LogP contribution in [0.3, 0.4) is 0 Å². The molecule has 0 bridgehead atoms. The van der Waals surface area contributed by atoms with Crippen molar-refractivity contribution in [3.8, 4) is 0 Å². The van der Waals surface area contributed by atoms with Gasteiger partial charge in [0.1, 0.15) is 4.90 Å². The molecule has 0 aliphatic carbocycles. The Hall–Kier alpha value is -0.0400. The van der Waals surface area contributed by atoms with E-state index in [0.717, 1.165) is 19.3 Å². The number of hydrogen-bond acceptors (Lipinski definition) is 3. The molecule has 1 aromatic rings. The Kier molecular flexibility index (Phi) is 5.79. The molecule has 1 fully saturated rings. The van der Waals surface area contributed by atoms with Crippen molar-refractivity contribution in [3.63, 3.8) is 0 Å². The monoisotopic (exact) mass is 371 g/mol. The molecule has 1 aliphatic heterocycles. The summed E-state index contributed by atoms with van der Waals surface area (Å²) in [5.74, 6) is 0. The molecule has 0 spiro atoms. The van der Waals surface area contributed by atoms with E-state index in [9.17, 15) is 13.5 Å². The van der Waals surface area contributed by atoms with Crippen molar-refractivity contribution in [1.82, 2.24) is 4.31 Å². The van der Waals surface area contributed by atoms with Crippen molar-refractivity contribution in [2.45, 2.75) is 36.6 Å². The van der Waals surface area contributed by atoms with Crippen LogP contribution in [-0.2, 0) is 10.0 Å². The Labute approximate surface area is 139 Å². The van der Waals surface area contributed by atoms with E-state index in [0.29, 0.717) is 13.0 Å². The molecular formula is C13H16Cl3NO3S. The molecule has 1 aromatic carbocycles. The fraction of sp³-hybridized carbons (Fsp3) is 0.538. The molecule has 118 valence electrons. The molecule has 1 saturated heterocycles. The summed E-state index contributed by atoms with van der Waals surface area (Å²) >= 11 is 17.9. The first-order valence-electron chi connectivity index (χ1n) is 6.65. The van der Waals surface area contributed by atoms with Gasteiger partial charge in [0.25, 0.3) is 0 Å². The van der Waals surface area contributed by atoms with Crippen LogP contribution in [-0.4, -0.2) is 37.0 Å². The molecule has 21 heavy (non-hydrogen) atoms. The molecule has 1 aliphatic rings. The maximum atomic E-state index is 12.9. The lowest BCUT2D eigenvalue weighted by Gasteiger charge is -2.28. The Bertz CT molecular complexity index is 598. The zero-order valence-electron chi connectivity index (χ0n) is 11.2.